The van der Waals surface area contributed by atoms with Crippen LogP contribution in [0.4, 0.5) is 5.13 Å². The maximum atomic E-state index is 12.2. The molecule has 7 heteroatoms. The number of sulfonamides is 1. The molecule has 0 amide bonds. The molecule has 0 bridgehead atoms. The molecule has 96 valence electrons. The minimum Gasteiger partial charge on any atom is -0.375 e. The Morgan fingerprint density at radius 3 is 2.65 bits per heavy atom. The monoisotopic (exact) mass is 275 g/mol. The van der Waals surface area contributed by atoms with E-state index in [1.54, 1.807) is 6.92 Å². The number of anilines is 1. The van der Waals surface area contributed by atoms with Crippen molar-refractivity contribution >= 4 is 26.5 Å². The summed E-state index contributed by atoms with van der Waals surface area (Å²) in [6.07, 6.45) is 3.07. The van der Waals surface area contributed by atoms with Crippen LogP contribution in [0.5, 0.6) is 0 Å². The van der Waals surface area contributed by atoms with Crippen LogP contribution in [0, 0.1) is 12.8 Å². The van der Waals surface area contributed by atoms with Gasteiger partial charge in [0.15, 0.2) is 9.34 Å². The molecule has 0 spiro atoms. The second-order valence-corrected chi connectivity index (χ2v) is 7.50. The van der Waals surface area contributed by atoms with Crippen LogP contribution in [0.3, 0.4) is 0 Å². The van der Waals surface area contributed by atoms with Gasteiger partial charge in [0.25, 0.3) is 10.0 Å². The van der Waals surface area contributed by atoms with Gasteiger partial charge in [0.05, 0.1) is 5.69 Å². The van der Waals surface area contributed by atoms with E-state index in [9.17, 15) is 8.42 Å². The van der Waals surface area contributed by atoms with Gasteiger partial charge in [-0.2, -0.15) is 0 Å². The van der Waals surface area contributed by atoms with E-state index in [1.165, 1.54) is 0 Å². The standard InChI is InChI=1S/C10H17N3O2S2/c1-6-4-3-5-8(6)13-17(14,15)9-7(2)12-10(11)16-9/h6,8,13H,3-5H2,1-2H3,(H2,11,12). The molecule has 2 atom stereocenters. The first-order valence-electron chi connectivity index (χ1n) is 5.65. The maximum absolute atomic E-state index is 12.2. The number of hydrogen-bond acceptors (Lipinski definition) is 5. The summed E-state index contributed by atoms with van der Waals surface area (Å²) >= 11 is 1.02. The molecular formula is C10H17N3O2S2. The van der Waals surface area contributed by atoms with Gasteiger partial charge in [0, 0.05) is 6.04 Å². The molecule has 3 N–H and O–H groups in total. The Balaban J connectivity index is 2.22. The van der Waals surface area contributed by atoms with Crippen LogP contribution in [-0.2, 0) is 10.0 Å². The van der Waals surface area contributed by atoms with Crippen LogP contribution in [0.25, 0.3) is 0 Å². The molecule has 5 nitrogen and oxygen atoms in total. The molecular weight excluding hydrogens is 258 g/mol. The number of nitrogen functional groups attached to an aromatic ring is 1. The van der Waals surface area contributed by atoms with Crippen molar-refractivity contribution in [1.29, 1.82) is 0 Å². The summed E-state index contributed by atoms with van der Waals surface area (Å²) in [5.41, 5.74) is 6.00. The average molecular weight is 275 g/mol. The SMILES string of the molecule is Cc1nc(N)sc1S(=O)(=O)NC1CCCC1C. The van der Waals surface area contributed by atoms with Crippen molar-refractivity contribution < 1.29 is 8.42 Å². The lowest BCUT2D eigenvalue weighted by molar-refractivity contribution is 0.477. The lowest BCUT2D eigenvalue weighted by Crippen LogP contribution is -2.36. The average Bonchev–Trinajstić information content (AvgIpc) is 2.74. The molecule has 17 heavy (non-hydrogen) atoms. The number of nitrogens with two attached hydrogens (primary N) is 1. The number of thiazole rings is 1. The highest BCUT2D eigenvalue weighted by Gasteiger charge is 2.30. The fraction of sp³-hybridized carbons (Fsp3) is 0.700. The van der Waals surface area contributed by atoms with Gasteiger partial charge < -0.3 is 5.73 Å². The van der Waals surface area contributed by atoms with Crippen molar-refractivity contribution in [2.45, 2.75) is 43.4 Å². The first kappa shape index (κ1) is 12.8. The Morgan fingerprint density at radius 2 is 2.18 bits per heavy atom. The van der Waals surface area contributed by atoms with E-state index in [0.717, 1.165) is 30.6 Å². The summed E-state index contributed by atoms with van der Waals surface area (Å²) in [7, 11) is -3.46. The van der Waals surface area contributed by atoms with E-state index in [-0.39, 0.29) is 10.3 Å². The van der Waals surface area contributed by atoms with E-state index in [0.29, 0.717) is 16.7 Å². The molecule has 1 aliphatic carbocycles. The molecule has 1 heterocycles. The normalized spacial score (nSPS) is 25.3. The second kappa shape index (κ2) is 4.55. The van der Waals surface area contributed by atoms with Gasteiger partial charge in [-0.05, 0) is 25.7 Å². The molecule has 0 saturated heterocycles. The summed E-state index contributed by atoms with van der Waals surface area (Å²) in [4.78, 5) is 3.95. The first-order valence-corrected chi connectivity index (χ1v) is 7.95. The molecule has 0 aliphatic heterocycles. The molecule has 1 saturated carbocycles. The van der Waals surface area contributed by atoms with Crippen molar-refractivity contribution in [3.8, 4) is 0 Å². The second-order valence-electron chi connectivity index (χ2n) is 4.56. The Hall–Kier alpha value is -0.660. The Morgan fingerprint density at radius 1 is 1.47 bits per heavy atom. The van der Waals surface area contributed by atoms with Gasteiger partial charge >= 0.3 is 0 Å². The molecule has 2 unspecified atom stereocenters. The highest BCUT2D eigenvalue weighted by Crippen LogP contribution is 2.29. The number of nitrogens with one attached hydrogen (secondary N) is 1. The zero-order chi connectivity index (χ0) is 12.6. The minimum absolute atomic E-state index is 0.0442. The van der Waals surface area contributed by atoms with Crippen LogP contribution < -0.4 is 10.5 Å². The highest BCUT2D eigenvalue weighted by atomic mass is 32.2. The predicted octanol–water partition coefficient (Wildman–Crippen LogP) is 1.50. The smallest absolute Gasteiger partial charge is 0.252 e. The largest absolute Gasteiger partial charge is 0.375 e. The topological polar surface area (TPSA) is 85.1 Å². The molecule has 1 aliphatic rings. The minimum atomic E-state index is -3.46. The zero-order valence-corrected chi connectivity index (χ0v) is 11.6. The van der Waals surface area contributed by atoms with Crippen molar-refractivity contribution in [3.63, 3.8) is 0 Å². The summed E-state index contributed by atoms with van der Waals surface area (Å²) in [6.45, 7) is 3.74. The van der Waals surface area contributed by atoms with Gasteiger partial charge in [-0.1, -0.05) is 24.7 Å². The lowest BCUT2D eigenvalue weighted by atomic mass is 10.1. The van der Waals surface area contributed by atoms with Crippen LogP contribution >= 0.6 is 11.3 Å². The van der Waals surface area contributed by atoms with Crippen LogP contribution in [0.15, 0.2) is 4.21 Å². The van der Waals surface area contributed by atoms with Gasteiger partial charge in [0.1, 0.15) is 0 Å². The van der Waals surface area contributed by atoms with Gasteiger partial charge in [-0.15, -0.1) is 0 Å². The number of aromatic nitrogens is 1. The number of nitrogens with zero attached hydrogens (tertiary/aromatic N) is 1. The number of rotatable bonds is 3. The fourth-order valence-electron chi connectivity index (χ4n) is 2.23. The van der Waals surface area contributed by atoms with Crippen molar-refractivity contribution in [3.05, 3.63) is 5.69 Å². The third kappa shape index (κ3) is 2.61. The predicted molar refractivity (Wildman–Crippen MR) is 68.4 cm³/mol. The summed E-state index contributed by atoms with van der Waals surface area (Å²) in [5.74, 6) is 0.398. The Bertz CT molecular complexity index is 510. The molecule has 2 rings (SSSR count). The van der Waals surface area contributed by atoms with E-state index in [1.807, 2.05) is 0 Å². The van der Waals surface area contributed by atoms with E-state index in [2.05, 4.69) is 16.6 Å². The van der Waals surface area contributed by atoms with Crippen LogP contribution in [0.1, 0.15) is 31.9 Å². The summed E-state index contributed by atoms with van der Waals surface area (Å²) in [5, 5.41) is 0.294. The van der Waals surface area contributed by atoms with Crippen LogP contribution in [0.2, 0.25) is 0 Å². The molecule has 0 radical (unpaired) electrons. The first-order chi connectivity index (χ1) is 7.90. The highest BCUT2D eigenvalue weighted by molar-refractivity contribution is 7.91. The zero-order valence-electron chi connectivity index (χ0n) is 9.93. The maximum Gasteiger partial charge on any atom is 0.252 e. The van der Waals surface area contributed by atoms with Crippen molar-refractivity contribution in [1.82, 2.24) is 9.71 Å². The van der Waals surface area contributed by atoms with Gasteiger partial charge in [-0.25, -0.2) is 18.1 Å². The summed E-state index contributed by atoms with van der Waals surface area (Å²) < 4.78 is 27.4. The quantitative estimate of drug-likeness (QED) is 0.875. The lowest BCUT2D eigenvalue weighted by Gasteiger charge is -2.16. The summed E-state index contributed by atoms with van der Waals surface area (Å²) in [6, 6.07) is 0.0442. The molecule has 1 aromatic heterocycles. The number of aryl methyl sites for hydroxylation is 1. The van der Waals surface area contributed by atoms with Crippen molar-refractivity contribution in [2.75, 3.05) is 5.73 Å². The van der Waals surface area contributed by atoms with Crippen molar-refractivity contribution in [2.24, 2.45) is 5.92 Å². The van der Waals surface area contributed by atoms with E-state index < -0.39 is 10.0 Å². The fourth-order valence-corrected chi connectivity index (χ4v) is 4.92. The Labute approximate surface area is 105 Å². The van der Waals surface area contributed by atoms with E-state index >= 15 is 0 Å². The van der Waals surface area contributed by atoms with E-state index in [4.69, 9.17) is 5.73 Å². The molecule has 1 aromatic rings. The van der Waals surface area contributed by atoms with Gasteiger partial charge in [0.2, 0.25) is 0 Å². The molecule has 0 aromatic carbocycles. The van der Waals surface area contributed by atoms with Crippen LogP contribution in [-0.4, -0.2) is 19.4 Å². The third-order valence-corrected chi connectivity index (χ3v) is 6.27. The third-order valence-electron chi connectivity index (χ3n) is 3.18. The molecule has 1 fully saturated rings. The van der Waals surface area contributed by atoms with Gasteiger partial charge in [-0.3, -0.25) is 0 Å². The number of hydrogen-bond donors (Lipinski definition) is 2. The Kier molecular flexibility index (Phi) is 3.42.